The van der Waals surface area contributed by atoms with Crippen LogP contribution in [0.2, 0.25) is 0 Å². The predicted octanol–water partition coefficient (Wildman–Crippen LogP) is 13.1. The summed E-state index contributed by atoms with van der Waals surface area (Å²) < 4.78 is 9.56. The van der Waals surface area contributed by atoms with Crippen LogP contribution in [-0.2, 0) is 6.42 Å². The number of aromatic nitrogens is 8. The smallest absolute Gasteiger partial charge is 0.0963 e. The summed E-state index contributed by atoms with van der Waals surface area (Å²) in [6, 6.07) is 56.7. The summed E-state index contributed by atoms with van der Waals surface area (Å²) in [6.45, 7) is 0. The molecule has 13 aromatic rings. The fraction of sp³-hybridized carbons (Fsp3) is 0.0357. The van der Waals surface area contributed by atoms with Gasteiger partial charge in [-0.25, -0.2) is 0 Å². The molecule has 8 heterocycles. The number of benzene rings is 5. The van der Waals surface area contributed by atoms with Crippen molar-refractivity contribution in [3.05, 3.63) is 200 Å². The Morgan fingerprint density at radius 1 is 0.344 bits per heavy atom. The molecule has 64 heavy (non-hydrogen) atoms. The highest BCUT2D eigenvalue weighted by atomic mass is 15.0. The van der Waals surface area contributed by atoms with E-state index in [9.17, 15) is 0 Å². The second-order valence-electron chi connectivity index (χ2n) is 16.7. The van der Waals surface area contributed by atoms with Gasteiger partial charge in [0.1, 0.15) is 0 Å². The van der Waals surface area contributed by atoms with Gasteiger partial charge in [-0.2, -0.15) is 0 Å². The molecule has 0 aliphatic heterocycles. The summed E-state index contributed by atoms with van der Waals surface area (Å²) >= 11 is 0. The highest BCUT2D eigenvalue weighted by molar-refractivity contribution is 6.09. The number of nitrogens with zero attached hydrogens (tertiary/aromatic N) is 8. The van der Waals surface area contributed by atoms with Gasteiger partial charge in [0.05, 0.1) is 60.7 Å². The Bertz CT molecular complexity index is 3810. The van der Waals surface area contributed by atoms with E-state index in [0.29, 0.717) is 0 Å². The van der Waals surface area contributed by atoms with Gasteiger partial charge < -0.3 is 18.3 Å². The van der Waals surface area contributed by atoms with Gasteiger partial charge in [-0.15, -0.1) is 0 Å². The average molecular weight is 821 g/mol. The minimum absolute atomic E-state index is 0.921. The normalized spacial score (nSPS) is 12.8. The monoisotopic (exact) mass is 820 g/mol. The molecule has 8 nitrogen and oxygen atoms in total. The molecule has 0 bridgehead atoms. The van der Waals surface area contributed by atoms with Crippen molar-refractivity contribution in [3.8, 4) is 33.9 Å². The van der Waals surface area contributed by atoms with Crippen LogP contribution in [0.15, 0.2) is 189 Å². The third kappa shape index (κ3) is 4.99. The van der Waals surface area contributed by atoms with E-state index >= 15 is 0 Å². The van der Waals surface area contributed by atoms with Crippen molar-refractivity contribution in [2.24, 2.45) is 0 Å². The molecule has 1 aliphatic rings. The van der Waals surface area contributed by atoms with Gasteiger partial charge in [0.25, 0.3) is 0 Å². The minimum atomic E-state index is 0.921. The quantitative estimate of drug-likeness (QED) is 0.173. The molecule has 0 amide bonds. The molecular weight excluding hydrogens is 785 g/mol. The van der Waals surface area contributed by atoms with Crippen LogP contribution >= 0.6 is 0 Å². The molecule has 5 aromatic carbocycles. The molecule has 0 saturated carbocycles. The Balaban J connectivity index is 1.12. The molecule has 14 rings (SSSR count). The highest BCUT2D eigenvalue weighted by Gasteiger charge is 2.23. The Morgan fingerprint density at radius 3 is 1.14 bits per heavy atom. The van der Waals surface area contributed by atoms with Crippen LogP contribution in [0.3, 0.4) is 0 Å². The molecule has 0 saturated heterocycles. The predicted molar refractivity (Wildman–Crippen MR) is 260 cm³/mol. The van der Waals surface area contributed by atoms with Crippen molar-refractivity contribution in [1.82, 2.24) is 38.2 Å². The summed E-state index contributed by atoms with van der Waals surface area (Å²) in [5.74, 6) is 0. The summed E-state index contributed by atoms with van der Waals surface area (Å²) in [6.07, 6.45) is 14.0. The maximum atomic E-state index is 4.95. The Kier molecular flexibility index (Phi) is 7.35. The van der Waals surface area contributed by atoms with Crippen molar-refractivity contribution < 1.29 is 0 Å². The molecule has 300 valence electrons. The molecule has 0 unspecified atom stereocenters. The van der Waals surface area contributed by atoms with Crippen molar-refractivity contribution >= 4 is 82.9 Å². The molecule has 0 radical (unpaired) electrons. The lowest BCUT2D eigenvalue weighted by Crippen LogP contribution is -2.05. The van der Waals surface area contributed by atoms with Crippen LogP contribution in [0.25, 0.3) is 117 Å². The summed E-state index contributed by atoms with van der Waals surface area (Å²) in [5.41, 5.74) is 20.3. The molecule has 0 N–H and O–H groups in total. The van der Waals surface area contributed by atoms with E-state index in [2.05, 4.69) is 164 Å². The maximum Gasteiger partial charge on any atom is 0.0963 e. The topological polar surface area (TPSA) is 71.3 Å². The second-order valence-corrected chi connectivity index (χ2v) is 16.7. The standard InChI is InChI=1S/C56H36N8/c1-5-17-45-41(13-1)53-49(21-9-25-57-53)61(45)37-29-35(30-38(33-37)62-46-18-6-2-14-42(46)54-50(62)22-10-26-58-54)36-31-39(63-47-19-7-3-15-43(47)55-51(63)23-11-27-59-55)34-40(32-36)64-48-20-8-4-16-44(48)56-52(64)24-12-28-60-56/h1-7,9-19,21-34H,8,20H2. The molecule has 1 aliphatic carbocycles. The van der Waals surface area contributed by atoms with Crippen LogP contribution in [-0.4, -0.2) is 38.2 Å². The zero-order valence-corrected chi connectivity index (χ0v) is 34.5. The molecular formula is C56H36N8. The van der Waals surface area contributed by atoms with E-state index in [0.717, 1.165) is 124 Å². The van der Waals surface area contributed by atoms with E-state index in [1.54, 1.807) is 0 Å². The fourth-order valence-corrected chi connectivity index (χ4v) is 10.5. The first-order valence-corrected chi connectivity index (χ1v) is 21.8. The molecule has 0 atom stereocenters. The third-order valence-corrected chi connectivity index (χ3v) is 13.1. The summed E-state index contributed by atoms with van der Waals surface area (Å²) in [4.78, 5) is 19.7. The first kappa shape index (κ1) is 35.0. The maximum absolute atomic E-state index is 4.95. The lowest BCUT2D eigenvalue weighted by molar-refractivity contribution is 0.888. The van der Waals surface area contributed by atoms with Gasteiger partial charge in [-0.3, -0.25) is 19.9 Å². The Morgan fingerprint density at radius 2 is 0.703 bits per heavy atom. The molecule has 0 fully saturated rings. The van der Waals surface area contributed by atoms with Crippen molar-refractivity contribution in [3.63, 3.8) is 0 Å². The first-order valence-electron chi connectivity index (χ1n) is 21.8. The van der Waals surface area contributed by atoms with Crippen LogP contribution in [0.4, 0.5) is 0 Å². The Labute approximate surface area is 366 Å². The SMILES string of the molecule is C1=Cc2c(n(-c3cc(-c4cc(-n5c6ccccc6c6ncccc65)cc(-n5c6ccccc6c6ncccc65)c4)cc(-n4c5ccccc5c5ncccc54)c3)c3cccnc23)CC1. The number of allylic oxidation sites excluding steroid dienone is 1. The van der Waals surface area contributed by atoms with Gasteiger partial charge >= 0.3 is 0 Å². The van der Waals surface area contributed by atoms with E-state index in [1.807, 2.05) is 49.1 Å². The number of rotatable bonds is 5. The fourth-order valence-electron chi connectivity index (χ4n) is 10.5. The van der Waals surface area contributed by atoms with Gasteiger partial charge in [0.2, 0.25) is 0 Å². The van der Waals surface area contributed by atoms with Crippen LogP contribution < -0.4 is 0 Å². The number of pyridine rings is 4. The van der Waals surface area contributed by atoms with Gasteiger partial charge in [-0.1, -0.05) is 66.7 Å². The zero-order valence-electron chi connectivity index (χ0n) is 34.5. The largest absolute Gasteiger partial charge is 0.311 e. The van der Waals surface area contributed by atoms with E-state index in [-0.39, 0.29) is 0 Å². The molecule has 8 aromatic heterocycles. The summed E-state index contributed by atoms with van der Waals surface area (Å²) in [7, 11) is 0. The van der Waals surface area contributed by atoms with Gasteiger partial charge in [0, 0.05) is 75.0 Å². The second kappa shape index (κ2) is 13.4. The Hall–Kier alpha value is -8.62. The number of para-hydroxylation sites is 3. The third-order valence-electron chi connectivity index (χ3n) is 13.1. The van der Waals surface area contributed by atoms with E-state index in [1.165, 1.54) is 11.3 Å². The minimum Gasteiger partial charge on any atom is -0.311 e. The number of hydrogen-bond acceptors (Lipinski definition) is 4. The number of hydrogen-bond donors (Lipinski definition) is 0. The van der Waals surface area contributed by atoms with Crippen molar-refractivity contribution in [2.75, 3.05) is 0 Å². The van der Waals surface area contributed by atoms with Crippen LogP contribution in [0.5, 0.6) is 0 Å². The van der Waals surface area contributed by atoms with E-state index in [4.69, 9.17) is 19.9 Å². The van der Waals surface area contributed by atoms with Gasteiger partial charge in [0.15, 0.2) is 0 Å². The lowest BCUT2D eigenvalue weighted by Gasteiger charge is -2.19. The van der Waals surface area contributed by atoms with E-state index < -0.39 is 0 Å². The number of fused-ring (bicyclic) bond motifs is 12. The van der Waals surface area contributed by atoms with Crippen LogP contribution in [0, 0.1) is 0 Å². The molecule has 8 heteroatoms. The summed E-state index contributed by atoms with van der Waals surface area (Å²) in [5, 5.41) is 3.34. The first-order chi connectivity index (χ1) is 31.8. The van der Waals surface area contributed by atoms with Gasteiger partial charge in [-0.05, 0) is 127 Å². The van der Waals surface area contributed by atoms with Crippen molar-refractivity contribution in [1.29, 1.82) is 0 Å². The zero-order chi connectivity index (χ0) is 41.9. The van der Waals surface area contributed by atoms with Crippen molar-refractivity contribution in [2.45, 2.75) is 12.8 Å². The highest BCUT2D eigenvalue weighted by Crippen LogP contribution is 2.41. The lowest BCUT2D eigenvalue weighted by atomic mass is 10.0. The molecule has 0 spiro atoms. The van der Waals surface area contributed by atoms with Crippen LogP contribution in [0.1, 0.15) is 17.7 Å². The average Bonchev–Trinajstić information content (AvgIpc) is 4.09.